The molecule has 26 heavy (non-hydrogen) atoms. The van der Waals surface area contributed by atoms with Gasteiger partial charge < -0.3 is 10.0 Å². The molecular formula is C17H14F3N3O3. The lowest BCUT2D eigenvalue weighted by Crippen LogP contribution is -2.47. The SMILES string of the molecule is C[C@H]1C2C[C@@H](O)C1N1C(=O)N(c3ccc(C#N)c(C(F)(F)F)c3)C(=O)[C@@H]21. The highest BCUT2D eigenvalue weighted by Gasteiger charge is 2.65. The van der Waals surface area contributed by atoms with Gasteiger partial charge in [-0.2, -0.15) is 18.4 Å². The van der Waals surface area contributed by atoms with Crippen LogP contribution in [0.25, 0.3) is 0 Å². The van der Waals surface area contributed by atoms with Gasteiger partial charge in [0.25, 0.3) is 5.91 Å². The number of aliphatic hydroxyl groups is 1. The first-order valence-corrected chi connectivity index (χ1v) is 8.12. The van der Waals surface area contributed by atoms with E-state index in [-0.39, 0.29) is 17.5 Å². The highest BCUT2D eigenvalue weighted by molar-refractivity contribution is 6.22. The van der Waals surface area contributed by atoms with Crippen molar-refractivity contribution >= 4 is 17.6 Å². The molecule has 2 heterocycles. The van der Waals surface area contributed by atoms with Crippen molar-refractivity contribution in [1.82, 2.24) is 4.90 Å². The first kappa shape index (κ1) is 16.8. The first-order chi connectivity index (χ1) is 12.2. The normalized spacial score (nSPS) is 33.0. The maximum Gasteiger partial charge on any atom is 0.417 e. The number of alkyl halides is 3. The summed E-state index contributed by atoms with van der Waals surface area (Å²) < 4.78 is 39.5. The lowest BCUT2D eigenvalue weighted by atomic mass is 9.93. The van der Waals surface area contributed by atoms with Crippen molar-refractivity contribution in [2.45, 2.75) is 37.7 Å². The van der Waals surface area contributed by atoms with Crippen molar-refractivity contribution in [2.24, 2.45) is 11.8 Å². The monoisotopic (exact) mass is 365 g/mol. The van der Waals surface area contributed by atoms with Crippen LogP contribution >= 0.6 is 0 Å². The molecule has 5 atom stereocenters. The molecule has 1 aromatic rings. The topological polar surface area (TPSA) is 84.6 Å². The molecule has 0 radical (unpaired) electrons. The number of nitrogens with zero attached hydrogens (tertiary/aromatic N) is 3. The van der Waals surface area contributed by atoms with Crippen molar-refractivity contribution in [2.75, 3.05) is 4.90 Å². The zero-order chi connectivity index (χ0) is 19.0. The molecule has 9 heteroatoms. The average molecular weight is 365 g/mol. The van der Waals surface area contributed by atoms with Gasteiger partial charge in [-0.1, -0.05) is 6.92 Å². The van der Waals surface area contributed by atoms with Gasteiger partial charge in [-0.3, -0.25) is 4.79 Å². The largest absolute Gasteiger partial charge is 0.417 e. The maximum absolute atomic E-state index is 13.2. The standard InChI is InChI=1S/C17H14F3N3O3/c1-7-10-5-12(24)13(7)23-14(10)15(25)22(16(23)26)9-3-2-8(6-21)11(4-9)17(18,19)20/h2-4,7,10,12-14,24H,5H2,1H3/t7-,10?,12+,13?,14+/m0/s1. The fourth-order valence-corrected chi connectivity index (χ4v) is 4.62. The summed E-state index contributed by atoms with van der Waals surface area (Å²) in [5, 5.41) is 19.0. The molecule has 1 saturated carbocycles. The lowest BCUT2D eigenvalue weighted by Gasteiger charge is -2.30. The summed E-state index contributed by atoms with van der Waals surface area (Å²) in [5.41, 5.74) is -1.99. The summed E-state index contributed by atoms with van der Waals surface area (Å²) in [6.07, 6.45) is -5.14. The van der Waals surface area contributed by atoms with E-state index in [1.165, 1.54) is 11.0 Å². The Labute approximate surface area is 146 Å². The number of hydrogen-bond acceptors (Lipinski definition) is 4. The molecule has 1 aromatic carbocycles. The van der Waals surface area contributed by atoms with Gasteiger partial charge in [0.2, 0.25) is 0 Å². The minimum Gasteiger partial charge on any atom is -0.391 e. The van der Waals surface area contributed by atoms with E-state index in [0.29, 0.717) is 12.5 Å². The molecule has 2 aliphatic heterocycles. The van der Waals surface area contributed by atoms with E-state index >= 15 is 0 Å². The molecular weight excluding hydrogens is 351 g/mol. The van der Waals surface area contributed by atoms with Gasteiger partial charge in [0.1, 0.15) is 6.04 Å². The molecule has 2 unspecified atom stereocenters. The van der Waals surface area contributed by atoms with Gasteiger partial charge in [0, 0.05) is 0 Å². The number of carbonyl (C=O) groups excluding carboxylic acids is 2. The summed E-state index contributed by atoms with van der Waals surface area (Å²) in [7, 11) is 0. The predicted octanol–water partition coefficient (Wildman–Crippen LogP) is 2.11. The van der Waals surface area contributed by atoms with Crippen LogP contribution in [0.15, 0.2) is 18.2 Å². The van der Waals surface area contributed by atoms with Gasteiger partial charge in [-0.05, 0) is 36.5 Å². The molecule has 2 bridgehead atoms. The van der Waals surface area contributed by atoms with Crippen LogP contribution in [0.5, 0.6) is 0 Å². The van der Waals surface area contributed by atoms with Crippen LogP contribution in [0.2, 0.25) is 0 Å². The molecule has 3 fully saturated rings. The smallest absolute Gasteiger partial charge is 0.391 e. The van der Waals surface area contributed by atoms with Crippen molar-refractivity contribution < 1.29 is 27.9 Å². The number of rotatable bonds is 1. The molecule has 3 amide bonds. The van der Waals surface area contributed by atoms with Crippen LogP contribution < -0.4 is 4.90 Å². The van der Waals surface area contributed by atoms with Crippen molar-refractivity contribution in [3.8, 4) is 6.07 Å². The zero-order valence-corrected chi connectivity index (χ0v) is 13.6. The summed E-state index contributed by atoms with van der Waals surface area (Å²) in [6, 6.07) is 2.24. The number of fused-ring (bicyclic) bond motifs is 5. The Balaban J connectivity index is 1.76. The Morgan fingerprint density at radius 1 is 1.31 bits per heavy atom. The van der Waals surface area contributed by atoms with Crippen LogP contribution in [0.1, 0.15) is 24.5 Å². The number of imide groups is 1. The number of urea groups is 1. The van der Waals surface area contributed by atoms with E-state index in [1.54, 1.807) is 0 Å². The van der Waals surface area contributed by atoms with Gasteiger partial charge in [-0.15, -0.1) is 0 Å². The fraction of sp³-hybridized carbons (Fsp3) is 0.471. The number of aliphatic hydroxyl groups excluding tert-OH is 1. The Hall–Kier alpha value is -2.60. The quantitative estimate of drug-likeness (QED) is 0.773. The summed E-state index contributed by atoms with van der Waals surface area (Å²) in [5.74, 6) is -0.840. The number of carbonyl (C=O) groups is 2. The van der Waals surface area contributed by atoms with E-state index in [0.717, 1.165) is 17.0 Å². The molecule has 2 saturated heterocycles. The van der Waals surface area contributed by atoms with E-state index in [4.69, 9.17) is 5.26 Å². The van der Waals surface area contributed by atoms with Crippen molar-refractivity contribution in [3.63, 3.8) is 0 Å². The number of halogens is 3. The second kappa shape index (κ2) is 5.20. The van der Waals surface area contributed by atoms with Gasteiger partial charge in [-0.25, -0.2) is 9.69 Å². The second-order valence-corrected chi connectivity index (χ2v) is 6.96. The number of piperidine rings is 1. The lowest BCUT2D eigenvalue weighted by molar-refractivity contribution is -0.137. The summed E-state index contributed by atoms with van der Waals surface area (Å²) in [4.78, 5) is 27.6. The molecule has 0 aromatic heterocycles. The predicted molar refractivity (Wildman–Crippen MR) is 81.7 cm³/mol. The van der Waals surface area contributed by atoms with Gasteiger partial charge >= 0.3 is 12.2 Å². The summed E-state index contributed by atoms with van der Waals surface area (Å²) >= 11 is 0. The van der Waals surface area contributed by atoms with Crippen LogP contribution in [0.3, 0.4) is 0 Å². The molecule has 0 spiro atoms. The molecule has 136 valence electrons. The highest BCUT2D eigenvalue weighted by Crippen LogP contribution is 2.51. The molecule has 6 nitrogen and oxygen atoms in total. The Kier molecular flexibility index (Phi) is 3.37. The minimum atomic E-state index is -4.78. The number of anilines is 1. The Morgan fingerprint density at radius 3 is 2.62 bits per heavy atom. The second-order valence-electron chi connectivity index (χ2n) is 6.96. The maximum atomic E-state index is 13.2. The third kappa shape index (κ3) is 2.02. The van der Waals surface area contributed by atoms with E-state index in [2.05, 4.69) is 0 Å². The van der Waals surface area contributed by atoms with E-state index in [9.17, 15) is 27.9 Å². The zero-order valence-electron chi connectivity index (χ0n) is 13.6. The van der Waals surface area contributed by atoms with Gasteiger partial charge in [0.05, 0.1) is 35.0 Å². The Bertz CT molecular complexity index is 863. The van der Waals surface area contributed by atoms with Crippen LogP contribution in [0.4, 0.5) is 23.7 Å². The fourth-order valence-electron chi connectivity index (χ4n) is 4.62. The third-order valence-corrected chi connectivity index (χ3v) is 5.72. The van der Waals surface area contributed by atoms with E-state index < -0.39 is 47.4 Å². The molecule has 1 N–H and O–H groups in total. The van der Waals surface area contributed by atoms with E-state index in [1.807, 2.05) is 6.92 Å². The summed E-state index contributed by atoms with van der Waals surface area (Å²) in [6.45, 7) is 1.86. The van der Waals surface area contributed by atoms with Crippen molar-refractivity contribution in [1.29, 1.82) is 5.26 Å². The van der Waals surface area contributed by atoms with Crippen LogP contribution in [-0.2, 0) is 11.0 Å². The molecule has 1 aliphatic carbocycles. The average Bonchev–Trinajstić information content (AvgIpc) is 3.11. The number of amides is 3. The first-order valence-electron chi connectivity index (χ1n) is 8.12. The highest BCUT2D eigenvalue weighted by atomic mass is 19.4. The van der Waals surface area contributed by atoms with Gasteiger partial charge in [0.15, 0.2) is 0 Å². The minimum absolute atomic E-state index is 0.0447. The van der Waals surface area contributed by atoms with Crippen molar-refractivity contribution in [3.05, 3.63) is 29.3 Å². The van der Waals surface area contributed by atoms with Crippen LogP contribution in [-0.4, -0.2) is 40.1 Å². The third-order valence-electron chi connectivity index (χ3n) is 5.72. The molecule has 4 rings (SSSR count). The number of nitriles is 1. The number of hydrogen-bond donors (Lipinski definition) is 1. The van der Waals surface area contributed by atoms with Crippen LogP contribution in [0, 0.1) is 23.2 Å². The Morgan fingerprint density at radius 2 is 2.00 bits per heavy atom. The molecule has 3 aliphatic rings. The number of benzene rings is 1.